The second kappa shape index (κ2) is 8.23. The van der Waals surface area contributed by atoms with E-state index in [1.54, 1.807) is 38.1 Å². The van der Waals surface area contributed by atoms with Gasteiger partial charge in [0.25, 0.3) is 15.9 Å². The predicted octanol–water partition coefficient (Wildman–Crippen LogP) is 2.67. The number of carbonyl (C=O) groups excluding carboxylic acids is 1. The summed E-state index contributed by atoms with van der Waals surface area (Å²) in [5.74, 6) is 0.688. The molecular weight excluding hydrogens is 420 g/mol. The van der Waals surface area contributed by atoms with Crippen LogP contribution in [0.1, 0.15) is 11.4 Å². The molecule has 160 valence electrons. The monoisotopic (exact) mass is 440 g/mol. The van der Waals surface area contributed by atoms with E-state index in [0.717, 1.165) is 0 Å². The molecule has 0 unspecified atom stereocenters. The van der Waals surface area contributed by atoms with Crippen LogP contribution >= 0.6 is 0 Å². The average Bonchev–Trinajstić information content (AvgIpc) is 2.72. The Bertz CT molecular complexity index is 1210. The van der Waals surface area contributed by atoms with Gasteiger partial charge in [0.1, 0.15) is 6.61 Å². The molecule has 1 aliphatic heterocycles. The van der Waals surface area contributed by atoms with Gasteiger partial charge < -0.3 is 14.8 Å². The number of rotatable bonds is 5. The summed E-state index contributed by atoms with van der Waals surface area (Å²) < 4.78 is 38.8. The van der Waals surface area contributed by atoms with E-state index >= 15 is 0 Å². The van der Waals surface area contributed by atoms with Crippen molar-refractivity contribution in [3.8, 4) is 11.5 Å². The zero-order valence-corrected chi connectivity index (χ0v) is 17.6. The summed E-state index contributed by atoms with van der Waals surface area (Å²) in [4.78, 5) is 20.7. The molecule has 2 aromatic carbocycles. The normalized spacial score (nSPS) is 15.2. The summed E-state index contributed by atoms with van der Waals surface area (Å²) in [5, 5.41) is 2.70. The lowest BCUT2D eigenvalue weighted by Gasteiger charge is -2.25. The van der Waals surface area contributed by atoms with Crippen molar-refractivity contribution < 1.29 is 22.7 Å². The Morgan fingerprint density at radius 3 is 2.32 bits per heavy atom. The second-order valence-electron chi connectivity index (χ2n) is 6.96. The van der Waals surface area contributed by atoms with Gasteiger partial charge in [0.2, 0.25) is 12.1 Å². The molecular formula is C21H20N4O5S. The number of amides is 1. The molecule has 0 saturated heterocycles. The molecule has 31 heavy (non-hydrogen) atoms. The molecule has 1 atom stereocenters. The van der Waals surface area contributed by atoms with E-state index in [-0.39, 0.29) is 17.5 Å². The van der Waals surface area contributed by atoms with E-state index in [1.165, 1.54) is 24.3 Å². The quantitative estimate of drug-likeness (QED) is 0.626. The van der Waals surface area contributed by atoms with Gasteiger partial charge in [-0.05, 0) is 56.3 Å². The van der Waals surface area contributed by atoms with Gasteiger partial charge in [0, 0.05) is 17.1 Å². The van der Waals surface area contributed by atoms with Crippen LogP contribution in [-0.2, 0) is 14.8 Å². The standard InChI is InChI=1S/C21H20N4O5S/c1-13-11-14(2)23-21(22-13)25-31(27,28)16-9-7-15(8-10-16)24-20(26)19-12-29-17-5-3-4-6-18(17)30-19/h3-11,19H,12H2,1-2H3,(H,24,26)(H,22,23,25)/t19-/m0/s1. The topological polar surface area (TPSA) is 120 Å². The Labute approximate surface area is 179 Å². The van der Waals surface area contributed by atoms with E-state index in [4.69, 9.17) is 9.47 Å². The van der Waals surface area contributed by atoms with Crippen molar-refractivity contribution in [2.75, 3.05) is 16.6 Å². The van der Waals surface area contributed by atoms with Gasteiger partial charge in [0.15, 0.2) is 11.5 Å². The molecule has 3 aromatic rings. The molecule has 1 aliphatic rings. The first kappa shape index (κ1) is 20.6. The van der Waals surface area contributed by atoms with Crippen molar-refractivity contribution in [1.82, 2.24) is 9.97 Å². The van der Waals surface area contributed by atoms with Gasteiger partial charge >= 0.3 is 0 Å². The predicted molar refractivity (Wildman–Crippen MR) is 114 cm³/mol. The number of aryl methyl sites for hydroxylation is 2. The molecule has 1 aromatic heterocycles. The fourth-order valence-corrected chi connectivity index (χ4v) is 3.98. The number of benzene rings is 2. The van der Waals surface area contributed by atoms with Crippen LogP contribution in [0.4, 0.5) is 11.6 Å². The number of hydrogen-bond donors (Lipinski definition) is 2. The number of nitrogens with one attached hydrogen (secondary N) is 2. The van der Waals surface area contributed by atoms with Crippen molar-refractivity contribution in [3.63, 3.8) is 0 Å². The highest BCUT2D eigenvalue weighted by Crippen LogP contribution is 2.31. The first-order valence-electron chi connectivity index (χ1n) is 9.45. The van der Waals surface area contributed by atoms with E-state index in [1.807, 2.05) is 6.07 Å². The molecule has 1 amide bonds. The number of fused-ring (bicyclic) bond motifs is 1. The lowest BCUT2D eigenvalue weighted by molar-refractivity contribution is -0.125. The summed E-state index contributed by atoms with van der Waals surface area (Å²) >= 11 is 0. The van der Waals surface area contributed by atoms with Crippen molar-refractivity contribution in [3.05, 3.63) is 66.0 Å². The van der Waals surface area contributed by atoms with Crippen LogP contribution in [0.15, 0.2) is 59.5 Å². The number of sulfonamides is 1. The zero-order chi connectivity index (χ0) is 22.0. The van der Waals surface area contributed by atoms with Gasteiger partial charge in [-0.2, -0.15) is 0 Å². The number of aromatic nitrogens is 2. The van der Waals surface area contributed by atoms with Crippen molar-refractivity contribution in [2.24, 2.45) is 0 Å². The Hall–Kier alpha value is -3.66. The van der Waals surface area contributed by atoms with Crippen LogP contribution in [0.2, 0.25) is 0 Å². The Balaban J connectivity index is 1.42. The fourth-order valence-electron chi connectivity index (χ4n) is 3.04. The molecule has 0 spiro atoms. The van der Waals surface area contributed by atoms with Crippen LogP contribution < -0.4 is 19.5 Å². The maximum Gasteiger partial charge on any atom is 0.269 e. The van der Waals surface area contributed by atoms with Crippen LogP contribution in [0, 0.1) is 13.8 Å². The minimum absolute atomic E-state index is 0.00427. The molecule has 0 radical (unpaired) electrons. The highest BCUT2D eigenvalue weighted by Gasteiger charge is 2.27. The summed E-state index contributed by atoms with van der Waals surface area (Å²) in [5.41, 5.74) is 1.73. The lowest BCUT2D eigenvalue weighted by atomic mass is 10.2. The molecule has 0 saturated carbocycles. The molecule has 2 N–H and O–H groups in total. The first-order chi connectivity index (χ1) is 14.8. The Kier molecular flexibility index (Phi) is 5.47. The Morgan fingerprint density at radius 1 is 1.00 bits per heavy atom. The van der Waals surface area contributed by atoms with E-state index in [2.05, 4.69) is 20.0 Å². The van der Waals surface area contributed by atoms with Crippen molar-refractivity contribution >= 4 is 27.6 Å². The third kappa shape index (κ3) is 4.75. The van der Waals surface area contributed by atoms with Crippen LogP contribution in [0.3, 0.4) is 0 Å². The van der Waals surface area contributed by atoms with Gasteiger partial charge in [-0.25, -0.2) is 23.1 Å². The lowest BCUT2D eigenvalue weighted by Crippen LogP contribution is -2.40. The number of para-hydroxylation sites is 2. The van der Waals surface area contributed by atoms with Crippen molar-refractivity contribution in [1.29, 1.82) is 0 Å². The highest BCUT2D eigenvalue weighted by atomic mass is 32.2. The van der Waals surface area contributed by atoms with Crippen LogP contribution in [0.25, 0.3) is 0 Å². The van der Waals surface area contributed by atoms with Crippen LogP contribution in [0.5, 0.6) is 11.5 Å². The molecule has 4 rings (SSSR count). The Morgan fingerprint density at radius 2 is 1.65 bits per heavy atom. The van der Waals surface area contributed by atoms with E-state index < -0.39 is 22.0 Å². The smallest absolute Gasteiger partial charge is 0.269 e. The number of hydrogen-bond acceptors (Lipinski definition) is 7. The third-order valence-corrected chi connectivity index (χ3v) is 5.79. The largest absolute Gasteiger partial charge is 0.485 e. The molecule has 0 aliphatic carbocycles. The minimum Gasteiger partial charge on any atom is -0.485 e. The van der Waals surface area contributed by atoms with Gasteiger partial charge in [0.05, 0.1) is 4.90 Å². The molecule has 2 heterocycles. The number of carbonyl (C=O) groups is 1. The SMILES string of the molecule is Cc1cc(C)nc(NS(=O)(=O)c2ccc(NC(=O)[C@@H]3COc4ccccc4O3)cc2)n1. The fraction of sp³-hybridized carbons (Fsp3) is 0.190. The minimum atomic E-state index is -3.88. The van der Waals surface area contributed by atoms with E-state index in [0.29, 0.717) is 28.6 Å². The van der Waals surface area contributed by atoms with E-state index in [9.17, 15) is 13.2 Å². The van der Waals surface area contributed by atoms with Crippen LogP contribution in [-0.4, -0.2) is 37.0 Å². The van der Waals surface area contributed by atoms with Gasteiger partial charge in [-0.1, -0.05) is 12.1 Å². The first-order valence-corrected chi connectivity index (χ1v) is 10.9. The molecule has 0 fully saturated rings. The summed E-state index contributed by atoms with van der Waals surface area (Å²) in [6, 6.07) is 14.6. The van der Waals surface area contributed by atoms with Gasteiger partial charge in [-0.15, -0.1) is 0 Å². The maximum absolute atomic E-state index is 12.6. The number of ether oxygens (including phenoxy) is 2. The molecule has 10 heteroatoms. The zero-order valence-electron chi connectivity index (χ0n) is 16.8. The highest BCUT2D eigenvalue weighted by molar-refractivity contribution is 7.92. The molecule has 0 bridgehead atoms. The summed E-state index contributed by atoms with van der Waals surface area (Å²) in [7, 11) is -3.88. The third-order valence-electron chi connectivity index (χ3n) is 4.44. The number of anilines is 2. The summed E-state index contributed by atoms with van der Waals surface area (Å²) in [6.45, 7) is 3.59. The maximum atomic E-state index is 12.6. The summed E-state index contributed by atoms with van der Waals surface area (Å²) in [6.07, 6.45) is -0.818. The second-order valence-corrected chi connectivity index (χ2v) is 8.64. The molecule has 9 nitrogen and oxygen atoms in total. The number of nitrogens with zero attached hydrogens (tertiary/aromatic N) is 2. The average molecular weight is 440 g/mol. The van der Waals surface area contributed by atoms with Crippen molar-refractivity contribution in [2.45, 2.75) is 24.8 Å². The van der Waals surface area contributed by atoms with Gasteiger partial charge in [-0.3, -0.25) is 4.79 Å².